The van der Waals surface area contributed by atoms with Crippen molar-refractivity contribution in [2.45, 2.75) is 20.0 Å². The number of hydrogen-bond acceptors (Lipinski definition) is 4. The molecule has 0 saturated carbocycles. The zero-order chi connectivity index (χ0) is 10.7. The van der Waals surface area contributed by atoms with Crippen LogP contribution in [0, 0.1) is 6.92 Å². The van der Waals surface area contributed by atoms with Gasteiger partial charge in [-0.2, -0.15) is 0 Å². The van der Waals surface area contributed by atoms with E-state index in [4.69, 9.17) is 8.94 Å². The summed E-state index contributed by atoms with van der Waals surface area (Å²) in [6.07, 6.45) is 0. The number of nitrogens with one attached hydrogen (secondary N) is 1. The minimum absolute atomic E-state index is 0.676. The number of aryl methyl sites for hydroxylation is 1. The highest BCUT2D eigenvalue weighted by molar-refractivity contribution is 9.10. The molecule has 15 heavy (non-hydrogen) atoms. The first-order chi connectivity index (χ1) is 7.24. The second-order valence-corrected chi connectivity index (χ2v) is 4.02. The topological polar surface area (TPSA) is 51.2 Å². The van der Waals surface area contributed by atoms with Gasteiger partial charge < -0.3 is 14.3 Å². The maximum Gasteiger partial charge on any atom is 0.169 e. The molecule has 2 heterocycles. The van der Waals surface area contributed by atoms with Crippen LogP contribution in [-0.4, -0.2) is 5.16 Å². The highest BCUT2D eigenvalue weighted by Crippen LogP contribution is 2.13. The first-order valence-electron chi connectivity index (χ1n) is 4.61. The van der Waals surface area contributed by atoms with Crippen LogP contribution in [0.1, 0.15) is 17.2 Å². The van der Waals surface area contributed by atoms with E-state index in [1.165, 1.54) is 0 Å². The lowest BCUT2D eigenvalue weighted by Gasteiger charge is -1.97. The van der Waals surface area contributed by atoms with Gasteiger partial charge in [0.05, 0.1) is 12.2 Å². The molecule has 0 saturated heterocycles. The summed E-state index contributed by atoms with van der Waals surface area (Å²) in [4.78, 5) is 0. The van der Waals surface area contributed by atoms with Crippen molar-refractivity contribution in [3.05, 3.63) is 40.1 Å². The summed E-state index contributed by atoms with van der Waals surface area (Å²) in [5.41, 5.74) is 0.901. The van der Waals surface area contributed by atoms with Crippen LogP contribution in [0.5, 0.6) is 0 Å². The lowest BCUT2D eigenvalue weighted by molar-refractivity contribution is 0.386. The smallest absolute Gasteiger partial charge is 0.169 e. The molecule has 0 aliphatic heterocycles. The fourth-order valence-electron chi connectivity index (χ4n) is 1.26. The van der Waals surface area contributed by atoms with Crippen LogP contribution in [0.4, 0.5) is 0 Å². The fraction of sp³-hybridized carbons (Fsp3) is 0.300. The van der Waals surface area contributed by atoms with Crippen LogP contribution < -0.4 is 5.32 Å². The zero-order valence-corrected chi connectivity index (χ0v) is 9.87. The van der Waals surface area contributed by atoms with Crippen LogP contribution in [0.2, 0.25) is 0 Å². The van der Waals surface area contributed by atoms with Gasteiger partial charge in [0, 0.05) is 12.6 Å². The standard InChI is InChI=1S/C10H11BrN2O2/c1-7-4-8(13-15-7)5-12-6-9-2-3-10(11)14-9/h2-4,12H,5-6H2,1H3. The van der Waals surface area contributed by atoms with Gasteiger partial charge in [0.15, 0.2) is 4.67 Å². The molecule has 0 bridgehead atoms. The number of halogens is 1. The molecule has 0 amide bonds. The Kier molecular flexibility index (Phi) is 3.23. The van der Waals surface area contributed by atoms with E-state index in [1.54, 1.807) is 0 Å². The van der Waals surface area contributed by atoms with E-state index >= 15 is 0 Å². The maximum absolute atomic E-state index is 5.34. The Bertz CT molecular complexity index is 396. The molecule has 4 nitrogen and oxygen atoms in total. The van der Waals surface area contributed by atoms with Crippen molar-refractivity contribution in [2.24, 2.45) is 0 Å². The largest absolute Gasteiger partial charge is 0.453 e. The predicted molar refractivity (Wildman–Crippen MR) is 58.2 cm³/mol. The lowest BCUT2D eigenvalue weighted by atomic mass is 10.3. The Hall–Kier alpha value is -1.07. The van der Waals surface area contributed by atoms with E-state index in [1.807, 2.05) is 25.1 Å². The van der Waals surface area contributed by atoms with Crippen molar-refractivity contribution in [3.63, 3.8) is 0 Å². The van der Waals surface area contributed by atoms with Crippen LogP contribution >= 0.6 is 15.9 Å². The predicted octanol–water partition coefficient (Wildman–Crippen LogP) is 2.63. The highest BCUT2D eigenvalue weighted by atomic mass is 79.9. The third-order valence-electron chi connectivity index (χ3n) is 1.91. The van der Waals surface area contributed by atoms with Gasteiger partial charge in [0.1, 0.15) is 11.5 Å². The van der Waals surface area contributed by atoms with Gasteiger partial charge in [-0.1, -0.05) is 5.16 Å². The monoisotopic (exact) mass is 270 g/mol. The second-order valence-electron chi connectivity index (χ2n) is 3.24. The molecule has 80 valence electrons. The Morgan fingerprint density at radius 2 is 2.27 bits per heavy atom. The van der Waals surface area contributed by atoms with Crippen molar-refractivity contribution in [1.82, 2.24) is 10.5 Å². The number of hydrogen-bond donors (Lipinski definition) is 1. The van der Waals surface area contributed by atoms with Crippen molar-refractivity contribution >= 4 is 15.9 Å². The van der Waals surface area contributed by atoms with E-state index in [-0.39, 0.29) is 0 Å². The van der Waals surface area contributed by atoms with Crippen LogP contribution in [0.3, 0.4) is 0 Å². The molecule has 0 unspecified atom stereocenters. The average molecular weight is 271 g/mol. The number of furan rings is 1. The summed E-state index contributed by atoms with van der Waals surface area (Å²) >= 11 is 3.25. The number of rotatable bonds is 4. The number of aromatic nitrogens is 1. The molecule has 5 heteroatoms. The highest BCUT2D eigenvalue weighted by Gasteiger charge is 2.01. The molecular weight excluding hydrogens is 260 g/mol. The SMILES string of the molecule is Cc1cc(CNCc2ccc(Br)o2)no1. The van der Waals surface area contributed by atoms with E-state index in [9.17, 15) is 0 Å². The molecular formula is C10H11BrN2O2. The van der Waals surface area contributed by atoms with Gasteiger partial charge >= 0.3 is 0 Å². The third-order valence-corrected chi connectivity index (χ3v) is 2.34. The maximum atomic E-state index is 5.34. The average Bonchev–Trinajstić information content (AvgIpc) is 2.76. The van der Waals surface area contributed by atoms with Gasteiger partial charge in [0.2, 0.25) is 0 Å². The van der Waals surface area contributed by atoms with E-state index < -0.39 is 0 Å². The van der Waals surface area contributed by atoms with Gasteiger partial charge in [0.25, 0.3) is 0 Å². The van der Waals surface area contributed by atoms with Gasteiger partial charge in [-0.15, -0.1) is 0 Å². The molecule has 1 N–H and O–H groups in total. The first kappa shape index (κ1) is 10.4. The molecule has 2 aromatic heterocycles. The van der Waals surface area contributed by atoms with Gasteiger partial charge in [-0.25, -0.2) is 0 Å². The Balaban J connectivity index is 1.80. The van der Waals surface area contributed by atoms with Crippen LogP contribution in [0.25, 0.3) is 0 Å². The van der Waals surface area contributed by atoms with Crippen molar-refractivity contribution in [2.75, 3.05) is 0 Å². The molecule has 0 aliphatic carbocycles. The minimum atomic E-state index is 0.676. The first-order valence-corrected chi connectivity index (χ1v) is 5.40. The molecule has 0 fully saturated rings. The fourth-order valence-corrected chi connectivity index (χ4v) is 1.60. The molecule has 0 spiro atoms. The van der Waals surface area contributed by atoms with E-state index in [0.717, 1.165) is 21.9 Å². The summed E-state index contributed by atoms with van der Waals surface area (Å²) in [5, 5.41) is 7.08. The summed E-state index contributed by atoms with van der Waals surface area (Å²) in [6.45, 7) is 3.23. The number of nitrogens with zero attached hydrogens (tertiary/aromatic N) is 1. The van der Waals surface area contributed by atoms with Gasteiger partial charge in [-0.05, 0) is 35.0 Å². The normalized spacial score (nSPS) is 10.8. The molecule has 0 aliphatic rings. The van der Waals surface area contributed by atoms with Crippen LogP contribution in [-0.2, 0) is 13.1 Å². The quantitative estimate of drug-likeness (QED) is 0.928. The van der Waals surface area contributed by atoms with Crippen molar-refractivity contribution in [3.8, 4) is 0 Å². The molecule has 0 atom stereocenters. The summed E-state index contributed by atoms with van der Waals surface area (Å²) in [6, 6.07) is 5.70. The molecule has 2 rings (SSSR count). The molecule has 0 radical (unpaired) electrons. The summed E-state index contributed by atoms with van der Waals surface area (Å²) in [5.74, 6) is 1.72. The van der Waals surface area contributed by atoms with Crippen molar-refractivity contribution in [1.29, 1.82) is 0 Å². The molecule has 2 aromatic rings. The summed E-state index contributed by atoms with van der Waals surface area (Å²) in [7, 11) is 0. The van der Waals surface area contributed by atoms with E-state index in [2.05, 4.69) is 26.4 Å². The Morgan fingerprint density at radius 3 is 2.87 bits per heavy atom. The molecule has 0 aromatic carbocycles. The third kappa shape index (κ3) is 2.94. The zero-order valence-electron chi connectivity index (χ0n) is 8.29. The summed E-state index contributed by atoms with van der Waals surface area (Å²) < 4.78 is 11.0. The lowest BCUT2D eigenvalue weighted by Crippen LogP contribution is -2.12. The Labute approximate surface area is 95.8 Å². The van der Waals surface area contributed by atoms with E-state index in [0.29, 0.717) is 13.1 Å². The van der Waals surface area contributed by atoms with Gasteiger partial charge in [-0.3, -0.25) is 0 Å². The second kappa shape index (κ2) is 4.63. The Morgan fingerprint density at radius 1 is 1.40 bits per heavy atom. The minimum Gasteiger partial charge on any atom is -0.453 e. The van der Waals surface area contributed by atoms with Crippen molar-refractivity contribution < 1.29 is 8.94 Å². The van der Waals surface area contributed by atoms with Crippen LogP contribution in [0.15, 0.2) is 31.8 Å².